The van der Waals surface area contributed by atoms with E-state index in [2.05, 4.69) is 25.5 Å². The summed E-state index contributed by atoms with van der Waals surface area (Å²) in [4.78, 5) is 10.8. The molecule has 1 aromatic heterocycles. The van der Waals surface area contributed by atoms with Crippen LogP contribution in [0.3, 0.4) is 0 Å². The van der Waals surface area contributed by atoms with Gasteiger partial charge in [-0.25, -0.2) is 9.67 Å². The number of nitrogens with two attached hydrogens (primary N) is 2. The summed E-state index contributed by atoms with van der Waals surface area (Å²) in [6.07, 6.45) is 6.80. The van der Waals surface area contributed by atoms with E-state index in [0.29, 0.717) is 5.96 Å². The maximum atomic E-state index is 6.22. The van der Waals surface area contributed by atoms with Crippen LogP contribution in [0.1, 0.15) is 32.1 Å². The zero-order chi connectivity index (χ0) is 16.6. The molecule has 1 fully saturated rings. The molecule has 4 N–H and O–H groups in total. The zero-order valence-electron chi connectivity index (χ0n) is 13.2. The molecule has 9 heteroatoms. The second kappa shape index (κ2) is 5.59. The van der Waals surface area contributed by atoms with Crippen molar-refractivity contribution in [3.63, 3.8) is 0 Å². The predicted molar refractivity (Wildman–Crippen MR) is 90.7 cm³/mol. The van der Waals surface area contributed by atoms with E-state index in [1.807, 2.05) is 29.2 Å². The van der Waals surface area contributed by atoms with Gasteiger partial charge in [-0.1, -0.05) is 6.42 Å². The van der Waals surface area contributed by atoms with Crippen molar-refractivity contribution in [2.75, 3.05) is 4.90 Å². The Hall–Kier alpha value is -2.97. The van der Waals surface area contributed by atoms with Crippen LogP contribution in [0, 0.1) is 0 Å². The van der Waals surface area contributed by atoms with Crippen LogP contribution in [-0.4, -0.2) is 37.8 Å². The van der Waals surface area contributed by atoms with Gasteiger partial charge < -0.3 is 11.5 Å². The van der Waals surface area contributed by atoms with Gasteiger partial charge >= 0.3 is 0 Å². The number of tetrazole rings is 1. The summed E-state index contributed by atoms with van der Waals surface area (Å²) in [7, 11) is 0. The maximum Gasteiger partial charge on any atom is 0.220 e. The van der Waals surface area contributed by atoms with Crippen LogP contribution < -0.4 is 16.4 Å². The minimum Gasteiger partial charge on any atom is -0.369 e. The number of nitrogens with zero attached hydrogens (tertiary/aromatic N) is 7. The minimum absolute atomic E-state index is 0.260. The zero-order valence-corrected chi connectivity index (χ0v) is 13.2. The summed E-state index contributed by atoms with van der Waals surface area (Å²) in [6.45, 7) is 0. The summed E-state index contributed by atoms with van der Waals surface area (Å²) in [5.74, 6) is 0.649. The maximum absolute atomic E-state index is 6.22. The van der Waals surface area contributed by atoms with Gasteiger partial charge in [0.1, 0.15) is 12.0 Å². The lowest BCUT2D eigenvalue weighted by molar-refractivity contribution is 0.305. The van der Waals surface area contributed by atoms with Crippen LogP contribution in [0.15, 0.2) is 40.6 Å². The number of aromatic nitrogens is 4. The number of aliphatic imine (C=N–C) groups is 2. The number of rotatable bonds is 2. The molecule has 0 atom stereocenters. The fraction of sp³-hybridized carbons (Fsp3) is 0.400. The van der Waals surface area contributed by atoms with E-state index in [1.54, 1.807) is 11.0 Å². The molecule has 4 rings (SSSR count). The molecule has 2 aromatic rings. The normalized spacial score (nSPS) is 19.9. The van der Waals surface area contributed by atoms with E-state index in [0.717, 1.165) is 37.1 Å². The Balaban J connectivity index is 1.71. The van der Waals surface area contributed by atoms with Crippen molar-refractivity contribution in [1.29, 1.82) is 0 Å². The Kier molecular flexibility index (Phi) is 3.40. The third kappa shape index (κ3) is 2.38. The average Bonchev–Trinajstić information content (AvgIpc) is 3.10. The molecule has 1 aromatic carbocycles. The molecule has 0 bridgehead atoms. The molecule has 0 unspecified atom stereocenters. The number of hydrogen-bond acceptors (Lipinski definition) is 8. The Morgan fingerprint density at radius 2 is 1.67 bits per heavy atom. The molecule has 2 heterocycles. The Labute approximate surface area is 139 Å². The van der Waals surface area contributed by atoms with E-state index in [4.69, 9.17) is 11.5 Å². The van der Waals surface area contributed by atoms with E-state index in [1.165, 1.54) is 6.42 Å². The molecule has 2 aliphatic rings. The molecule has 1 saturated carbocycles. The van der Waals surface area contributed by atoms with Crippen molar-refractivity contribution < 1.29 is 0 Å². The number of guanidine groups is 2. The van der Waals surface area contributed by atoms with Crippen LogP contribution in [0.2, 0.25) is 0 Å². The first-order valence-corrected chi connectivity index (χ1v) is 8.01. The van der Waals surface area contributed by atoms with Crippen molar-refractivity contribution in [1.82, 2.24) is 20.2 Å². The molecule has 24 heavy (non-hydrogen) atoms. The highest BCUT2D eigenvalue weighted by atomic mass is 15.5. The standard InChI is InChI=1S/C15H19N9/c16-13-19-14(17)24(15(20-13)8-2-1-3-9-15)12-6-4-11(5-7-12)23-10-18-21-22-23/h4-7,10H,1-3,8-9H2,(H4,16,17,19,20). The second-order valence-electron chi connectivity index (χ2n) is 6.09. The first-order chi connectivity index (χ1) is 11.7. The highest BCUT2D eigenvalue weighted by Gasteiger charge is 2.42. The van der Waals surface area contributed by atoms with Crippen molar-refractivity contribution in [2.24, 2.45) is 21.5 Å². The first kappa shape index (κ1) is 14.6. The van der Waals surface area contributed by atoms with Gasteiger partial charge in [-0.05, 0) is 60.4 Å². The summed E-state index contributed by atoms with van der Waals surface area (Å²) < 4.78 is 1.60. The van der Waals surface area contributed by atoms with E-state index < -0.39 is 5.66 Å². The predicted octanol–water partition coefficient (Wildman–Crippen LogP) is 0.772. The van der Waals surface area contributed by atoms with Gasteiger partial charge in [0.25, 0.3) is 0 Å². The quantitative estimate of drug-likeness (QED) is 0.840. The molecule has 0 radical (unpaired) electrons. The third-order valence-electron chi connectivity index (χ3n) is 4.57. The topological polar surface area (TPSA) is 124 Å². The molecule has 9 nitrogen and oxygen atoms in total. The Bertz CT molecular complexity index is 770. The highest BCUT2D eigenvalue weighted by Crippen LogP contribution is 2.39. The molecule has 1 aliphatic heterocycles. The van der Waals surface area contributed by atoms with Gasteiger partial charge in [-0.15, -0.1) is 5.10 Å². The van der Waals surface area contributed by atoms with Crippen LogP contribution in [0.4, 0.5) is 5.69 Å². The smallest absolute Gasteiger partial charge is 0.220 e. The van der Waals surface area contributed by atoms with Crippen LogP contribution in [0.25, 0.3) is 5.69 Å². The van der Waals surface area contributed by atoms with Crippen LogP contribution in [0.5, 0.6) is 0 Å². The minimum atomic E-state index is -0.426. The molecule has 0 amide bonds. The summed E-state index contributed by atoms with van der Waals surface area (Å²) >= 11 is 0. The van der Waals surface area contributed by atoms with Crippen molar-refractivity contribution in [2.45, 2.75) is 37.8 Å². The lowest BCUT2D eigenvalue weighted by Crippen LogP contribution is -2.58. The average molecular weight is 325 g/mol. The summed E-state index contributed by atoms with van der Waals surface area (Å²) in [5.41, 5.74) is 13.5. The van der Waals surface area contributed by atoms with Crippen molar-refractivity contribution >= 4 is 17.6 Å². The summed E-state index contributed by atoms with van der Waals surface area (Å²) in [6, 6.07) is 7.84. The lowest BCUT2D eigenvalue weighted by atomic mass is 9.87. The molecule has 1 spiro atoms. The van der Waals surface area contributed by atoms with E-state index in [-0.39, 0.29) is 5.96 Å². The highest BCUT2D eigenvalue weighted by molar-refractivity contribution is 6.05. The Morgan fingerprint density at radius 3 is 2.33 bits per heavy atom. The van der Waals surface area contributed by atoms with Gasteiger partial charge in [0.2, 0.25) is 11.9 Å². The third-order valence-corrected chi connectivity index (χ3v) is 4.57. The lowest BCUT2D eigenvalue weighted by Gasteiger charge is -2.45. The van der Waals surface area contributed by atoms with Crippen molar-refractivity contribution in [3.05, 3.63) is 30.6 Å². The van der Waals surface area contributed by atoms with Gasteiger partial charge in [-0.3, -0.25) is 4.90 Å². The van der Waals surface area contributed by atoms with E-state index >= 15 is 0 Å². The number of benzene rings is 1. The Morgan fingerprint density at radius 1 is 0.958 bits per heavy atom. The van der Waals surface area contributed by atoms with Crippen molar-refractivity contribution in [3.8, 4) is 5.69 Å². The molecule has 1 aliphatic carbocycles. The SMILES string of the molecule is NC1=NC2(CCCCC2)N(c2ccc(-n3cnnn3)cc2)C(N)=N1. The molecular weight excluding hydrogens is 306 g/mol. The van der Waals surface area contributed by atoms with Gasteiger partial charge in [0.05, 0.1) is 5.69 Å². The molecule has 124 valence electrons. The molecular formula is C15H19N9. The van der Waals surface area contributed by atoms with E-state index in [9.17, 15) is 0 Å². The summed E-state index contributed by atoms with van der Waals surface area (Å²) in [5, 5.41) is 11.2. The van der Waals surface area contributed by atoms with Crippen LogP contribution >= 0.6 is 0 Å². The number of hydrogen-bond donors (Lipinski definition) is 2. The largest absolute Gasteiger partial charge is 0.369 e. The van der Waals surface area contributed by atoms with Gasteiger partial charge in [-0.2, -0.15) is 4.99 Å². The monoisotopic (exact) mass is 325 g/mol. The van der Waals surface area contributed by atoms with Gasteiger partial charge in [0.15, 0.2) is 0 Å². The fourth-order valence-electron chi connectivity index (χ4n) is 3.53. The fourth-order valence-corrected chi connectivity index (χ4v) is 3.53. The molecule has 0 saturated heterocycles. The second-order valence-corrected chi connectivity index (χ2v) is 6.09. The van der Waals surface area contributed by atoms with Crippen LogP contribution in [-0.2, 0) is 0 Å². The first-order valence-electron chi connectivity index (χ1n) is 8.01. The number of anilines is 1. The van der Waals surface area contributed by atoms with Gasteiger partial charge in [0, 0.05) is 5.69 Å².